The summed E-state index contributed by atoms with van der Waals surface area (Å²) in [5.41, 5.74) is -0.0399. The minimum absolute atomic E-state index is 0. The van der Waals surface area contributed by atoms with Crippen LogP contribution in [0.1, 0.15) is 118 Å². The molecule has 1 aliphatic heterocycles. The molecule has 0 bridgehead atoms. The third-order valence-electron chi connectivity index (χ3n) is 5.51. The van der Waals surface area contributed by atoms with Gasteiger partial charge in [-0.05, 0) is 26.7 Å². The Bertz CT molecular complexity index is 303. The molecule has 0 saturated carbocycles. The number of ether oxygens (including phenoxy) is 1. The number of hydrogen-bond donors (Lipinski definition) is 1. The van der Waals surface area contributed by atoms with Crippen molar-refractivity contribution in [3.8, 4) is 0 Å². The van der Waals surface area contributed by atoms with Crippen LogP contribution in [-0.4, -0.2) is 16.6 Å². The van der Waals surface area contributed by atoms with E-state index in [9.17, 15) is 0 Å². The Labute approximate surface area is 157 Å². The van der Waals surface area contributed by atoms with E-state index in [0.717, 1.165) is 12.8 Å². The average molecular weight is 362 g/mol. The van der Waals surface area contributed by atoms with Gasteiger partial charge in [0.15, 0.2) is 0 Å². The lowest BCUT2D eigenvalue weighted by Gasteiger charge is -2.25. The molecular formula is C21H44ClNO. The Hall–Kier alpha value is 0.210. The topological polar surface area (TPSA) is 47.5 Å². The van der Waals surface area contributed by atoms with E-state index in [1.807, 2.05) is 0 Å². The number of alkyl halides is 1. The molecule has 0 spiro atoms. The van der Waals surface area contributed by atoms with E-state index in [1.54, 1.807) is 0 Å². The number of hydrogen-bond acceptors (Lipinski definition) is 2. The van der Waals surface area contributed by atoms with Crippen molar-refractivity contribution in [2.45, 2.75) is 134 Å². The molecular weight excluding hydrogens is 318 g/mol. The summed E-state index contributed by atoms with van der Waals surface area (Å²) in [5.74, 6) is 0. The molecule has 2 nitrogen and oxygen atoms in total. The van der Waals surface area contributed by atoms with Gasteiger partial charge in [0, 0.05) is 0 Å². The van der Waals surface area contributed by atoms with Crippen LogP contribution in [-0.2, 0) is 4.74 Å². The summed E-state index contributed by atoms with van der Waals surface area (Å²) in [6.07, 6.45) is 19.3. The highest BCUT2D eigenvalue weighted by Crippen LogP contribution is 2.53. The summed E-state index contributed by atoms with van der Waals surface area (Å²) in [5, 5.41) is 0. The molecule has 1 saturated heterocycles. The first-order valence-corrected chi connectivity index (χ1v) is 10.7. The highest BCUT2D eigenvalue weighted by Gasteiger charge is 2.63. The first-order valence-electron chi connectivity index (χ1n) is 10.3. The molecule has 1 rings (SSSR count). The second-order valence-electron chi connectivity index (χ2n) is 8.04. The summed E-state index contributed by atoms with van der Waals surface area (Å²) in [4.78, 5) is -0.231. The van der Waals surface area contributed by atoms with Crippen molar-refractivity contribution in [1.82, 2.24) is 6.15 Å². The van der Waals surface area contributed by atoms with Gasteiger partial charge in [-0.3, -0.25) is 0 Å². The Morgan fingerprint density at radius 1 is 0.792 bits per heavy atom. The van der Waals surface area contributed by atoms with Gasteiger partial charge in [0.2, 0.25) is 0 Å². The smallest absolute Gasteiger partial charge is 0.113 e. The van der Waals surface area contributed by atoms with Crippen LogP contribution < -0.4 is 6.15 Å². The molecule has 24 heavy (non-hydrogen) atoms. The summed E-state index contributed by atoms with van der Waals surface area (Å²) in [7, 11) is 0. The van der Waals surface area contributed by atoms with Crippen LogP contribution in [0, 0.1) is 0 Å². The van der Waals surface area contributed by atoms with Crippen molar-refractivity contribution < 1.29 is 4.74 Å². The number of unbranched alkanes of at least 4 members (excludes halogenated alkanes) is 10. The number of halogens is 1. The molecule has 0 aromatic rings. The summed E-state index contributed by atoms with van der Waals surface area (Å²) in [6.45, 7) is 8.74. The quantitative estimate of drug-likeness (QED) is 0.183. The van der Waals surface area contributed by atoms with E-state index in [1.165, 1.54) is 77.0 Å². The fourth-order valence-electron chi connectivity index (χ4n) is 3.92. The zero-order valence-corrected chi connectivity index (χ0v) is 17.7. The first-order chi connectivity index (χ1) is 11.0. The Morgan fingerprint density at radius 2 is 1.25 bits per heavy atom. The third kappa shape index (κ3) is 8.06. The van der Waals surface area contributed by atoms with Crippen molar-refractivity contribution >= 4 is 11.6 Å². The molecule has 2 unspecified atom stereocenters. The molecule has 0 radical (unpaired) electrons. The molecule has 2 atom stereocenters. The third-order valence-corrected chi connectivity index (χ3v) is 5.83. The van der Waals surface area contributed by atoms with Gasteiger partial charge in [-0.1, -0.05) is 90.9 Å². The van der Waals surface area contributed by atoms with Crippen LogP contribution in [0.15, 0.2) is 0 Å². The molecule has 0 aromatic heterocycles. The molecule has 3 heteroatoms. The monoisotopic (exact) mass is 361 g/mol. The van der Waals surface area contributed by atoms with Crippen molar-refractivity contribution in [1.29, 1.82) is 0 Å². The SMILES string of the molecule is CCCCCCCCCCCCCC1OC1(CCC)C(C)(C)Cl.N. The van der Waals surface area contributed by atoms with Crippen molar-refractivity contribution in [2.75, 3.05) is 0 Å². The van der Waals surface area contributed by atoms with Crippen LogP contribution in [0.25, 0.3) is 0 Å². The summed E-state index contributed by atoms with van der Waals surface area (Å²) in [6, 6.07) is 0. The second-order valence-corrected chi connectivity index (χ2v) is 8.99. The largest absolute Gasteiger partial charge is 0.364 e. The van der Waals surface area contributed by atoms with E-state index in [2.05, 4.69) is 27.7 Å². The van der Waals surface area contributed by atoms with Gasteiger partial charge in [-0.2, -0.15) is 0 Å². The van der Waals surface area contributed by atoms with E-state index in [-0.39, 0.29) is 16.6 Å². The van der Waals surface area contributed by atoms with Crippen LogP contribution in [0.4, 0.5) is 0 Å². The zero-order valence-electron chi connectivity index (χ0n) is 17.0. The standard InChI is InChI=1S/C21H41ClO.H3N/c1-5-7-8-9-10-11-12-13-14-15-16-17-19-21(23-19,18-6-2)20(3,4)22;/h19H,5-18H2,1-4H3;1H3. The van der Waals surface area contributed by atoms with Crippen LogP contribution in [0.2, 0.25) is 0 Å². The first kappa shape index (κ1) is 24.2. The lowest BCUT2D eigenvalue weighted by Crippen LogP contribution is -2.36. The molecule has 0 amide bonds. The Kier molecular flexibility index (Phi) is 12.7. The van der Waals surface area contributed by atoms with E-state index in [0.29, 0.717) is 6.10 Å². The predicted octanol–water partition coefficient (Wildman–Crippen LogP) is 7.80. The average Bonchev–Trinajstić information content (AvgIpc) is 3.19. The summed E-state index contributed by atoms with van der Waals surface area (Å²) < 4.78 is 6.07. The predicted molar refractivity (Wildman–Crippen MR) is 109 cm³/mol. The number of epoxide rings is 1. The van der Waals surface area contributed by atoms with E-state index >= 15 is 0 Å². The zero-order chi connectivity index (χ0) is 17.2. The molecule has 0 aromatic carbocycles. The van der Waals surface area contributed by atoms with Gasteiger partial charge in [0.1, 0.15) is 5.60 Å². The van der Waals surface area contributed by atoms with Crippen LogP contribution in [0.3, 0.4) is 0 Å². The van der Waals surface area contributed by atoms with E-state index < -0.39 is 0 Å². The van der Waals surface area contributed by atoms with Gasteiger partial charge < -0.3 is 10.9 Å². The fourth-order valence-corrected chi connectivity index (χ4v) is 4.18. The van der Waals surface area contributed by atoms with Gasteiger partial charge in [0.25, 0.3) is 0 Å². The number of rotatable bonds is 15. The normalized spacial score (nSPS) is 23.1. The van der Waals surface area contributed by atoms with Gasteiger partial charge in [-0.25, -0.2) is 0 Å². The van der Waals surface area contributed by atoms with Crippen LogP contribution in [0.5, 0.6) is 0 Å². The fraction of sp³-hybridized carbons (Fsp3) is 1.00. The lowest BCUT2D eigenvalue weighted by atomic mass is 9.85. The molecule has 3 N–H and O–H groups in total. The molecule has 146 valence electrons. The Morgan fingerprint density at radius 3 is 1.67 bits per heavy atom. The highest BCUT2D eigenvalue weighted by atomic mass is 35.5. The minimum Gasteiger partial charge on any atom is -0.364 e. The van der Waals surface area contributed by atoms with Crippen LogP contribution >= 0.6 is 11.6 Å². The highest BCUT2D eigenvalue weighted by molar-refractivity contribution is 6.24. The van der Waals surface area contributed by atoms with Crippen molar-refractivity contribution in [2.24, 2.45) is 0 Å². The maximum atomic E-state index is 6.58. The minimum atomic E-state index is -0.231. The maximum absolute atomic E-state index is 6.58. The van der Waals surface area contributed by atoms with Gasteiger partial charge >= 0.3 is 0 Å². The molecule has 0 aliphatic carbocycles. The van der Waals surface area contributed by atoms with Crippen molar-refractivity contribution in [3.63, 3.8) is 0 Å². The summed E-state index contributed by atoms with van der Waals surface area (Å²) >= 11 is 6.58. The molecule has 1 fully saturated rings. The van der Waals surface area contributed by atoms with Gasteiger partial charge in [-0.15, -0.1) is 11.6 Å². The van der Waals surface area contributed by atoms with Gasteiger partial charge in [0.05, 0.1) is 11.0 Å². The van der Waals surface area contributed by atoms with E-state index in [4.69, 9.17) is 16.3 Å². The lowest BCUT2D eigenvalue weighted by molar-refractivity contribution is 0.236. The second kappa shape index (κ2) is 12.5. The maximum Gasteiger partial charge on any atom is 0.113 e. The molecule has 1 aliphatic rings. The Balaban J connectivity index is 0.00000529. The molecule has 1 heterocycles. The van der Waals surface area contributed by atoms with Crippen molar-refractivity contribution in [3.05, 3.63) is 0 Å².